The molecule has 0 aromatic heterocycles. The first kappa shape index (κ1) is 18.3. The van der Waals surface area contributed by atoms with Crippen molar-refractivity contribution in [3.05, 3.63) is 53.6 Å². The summed E-state index contributed by atoms with van der Waals surface area (Å²) in [6, 6.07) is 12.3. The third-order valence-corrected chi connectivity index (χ3v) is 3.70. The minimum Gasteiger partial charge on any atom is -0.497 e. The Morgan fingerprint density at radius 1 is 1.04 bits per heavy atom. The van der Waals surface area contributed by atoms with E-state index in [9.17, 15) is 9.59 Å². The van der Waals surface area contributed by atoms with Gasteiger partial charge >= 0.3 is 0 Å². The Bertz CT molecular complexity index is 757. The highest BCUT2D eigenvalue weighted by Crippen LogP contribution is 2.26. The first-order chi connectivity index (χ1) is 11.9. The molecule has 6 heteroatoms. The van der Waals surface area contributed by atoms with Gasteiger partial charge in [0.05, 0.1) is 14.2 Å². The molecule has 0 aliphatic rings. The molecule has 0 spiro atoms. The highest BCUT2D eigenvalue weighted by atomic mass is 16.5. The van der Waals surface area contributed by atoms with E-state index in [1.807, 2.05) is 12.1 Å². The van der Waals surface area contributed by atoms with Crippen LogP contribution in [0.2, 0.25) is 0 Å². The molecular formula is C19H22N2O4. The lowest BCUT2D eigenvalue weighted by atomic mass is 10.1. The van der Waals surface area contributed by atoms with Gasteiger partial charge in [-0.3, -0.25) is 9.59 Å². The van der Waals surface area contributed by atoms with E-state index in [0.717, 1.165) is 5.56 Å². The van der Waals surface area contributed by atoms with Crippen molar-refractivity contribution < 1.29 is 19.1 Å². The van der Waals surface area contributed by atoms with Gasteiger partial charge in [0.2, 0.25) is 5.91 Å². The van der Waals surface area contributed by atoms with E-state index in [1.165, 1.54) is 6.92 Å². The highest BCUT2D eigenvalue weighted by molar-refractivity contribution is 5.95. The molecule has 6 nitrogen and oxygen atoms in total. The number of hydrogen-bond acceptors (Lipinski definition) is 4. The van der Waals surface area contributed by atoms with Crippen LogP contribution in [0.4, 0.5) is 5.69 Å². The quantitative estimate of drug-likeness (QED) is 0.876. The number of hydrogen-bond donors (Lipinski definition) is 1. The predicted molar refractivity (Wildman–Crippen MR) is 96.1 cm³/mol. The fourth-order valence-corrected chi connectivity index (χ4v) is 2.43. The van der Waals surface area contributed by atoms with Gasteiger partial charge in [-0.1, -0.05) is 0 Å². The zero-order valence-corrected chi connectivity index (χ0v) is 14.8. The van der Waals surface area contributed by atoms with Crippen LogP contribution in [0.15, 0.2) is 42.5 Å². The Morgan fingerprint density at radius 2 is 1.72 bits per heavy atom. The molecule has 0 unspecified atom stereocenters. The van der Waals surface area contributed by atoms with Crippen LogP contribution < -0.4 is 14.8 Å². The van der Waals surface area contributed by atoms with Gasteiger partial charge in [0.1, 0.15) is 11.5 Å². The molecule has 0 radical (unpaired) electrons. The van der Waals surface area contributed by atoms with Crippen LogP contribution in [0.3, 0.4) is 0 Å². The lowest BCUT2D eigenvalue weighted by Gasteiger charge is -2.19. The smallest absolute Gasteiger partial charge is 0.253 e. The lowest BCUT2D eigenvalue weighted by molar-refractivity contribution is -0.114. The summed E-state index contributed by atoms with van der Waals surface area (Å²) in [6.45, 7) is 1.84. The summed E-state index contributed by atoms with van der Waals surface area (Å²) < 4.78 is 10.6. The molecular weight excluding hydrogens is 320 g/mol. The Balaban J connectivity index is 2.11. The number of nitrogens with zero attached hydrogens (tertiary/aromatic N) is 1. The van der Waals surface area contributed by atoms with Crippen molar-refractivity contribution in [3.63, 3.8) is 0 Å². The zero-order valence-electron chi connectivity index (χ0n) is 14.8. The average Bonchev–Trinajstić information content (AvgIpc) is 2.61. The van der Waals surface area contributed by atoms with Gasteiger partial charge in [0.15, 0.2) is 0 Å². The molecule has 0 aliphatic carbocycles. The number of rotatable bonds is 6. The second-order valence-electron chi connectivity index (χ2n) is 5.60. The van der Waals surface area contributed by atoms with Crippen molar-refractivity contribution in [2.45, 2.75) is 13.5 Å². The van der Waals surface area contributed by atoms with Gasteiger partial charge < -0.3 is 19.7 Å². The summed E-state index contributed by atoms with van der Waals surface area (Å²) in [6.07, 6.45) is 0. The summed E-state index contributed by atoms with van der Waals surface area (Å²) >= 11 is 0. The van der Waals surface area contributed by atoms with Gasteiger partial charge in [0, 0.05) is 43.4 Å². The average molecular weight is 342 g/mol. The molecule has 25 heavy (non-hydrogen) atoms. The number of carbonyl (C=O) groups excluding carboxylic acids is 2. The van der Waals surface area contributed by atoms with Crippen molar-refractivity contribution in [1.29, 1.82) is 0 Å². The third-order valence-electron chi connectivity index (χ3n) is 3.70. The van der Waals surface area contributed by atoms with Gasteiger partial charge in [-0.05, 0) is 36.4 Å². The zero-order chi connectivity index (χ0) is 18.4. The van der Waals surface area contributed by atoms with E-state index < -0.39 is 0 Å². The second kappa shape index (κ2) is 8.19. The molecule has 0 aliphatic heterocycles. The molecule has 0 fully saturated rings. The summed E-state index contributed by atoms with van der Waals surface area (Å²) in [7, 11) is 4.91. The highest BCUT2D eigenvalue weighted by Gasteiger charge is 2.15. The topological polar surface area (TPSA) is 67.9 Å². The van der Waals surface area contributed by atoms with Crippen LogP contribution >= 0.6 is 0 Å². The number of anilines is 1. The number of nitrogens with one attached hydrogen (secondary N) is 1. The van der Waals surface area contributed by atoms with Crippen molar-refractivity contribution in [1.82, 2.24) is 4.90 Å². The SMILES string of the molecule is COc1ccc(CN(C)C(=O)c2ccc(NC(C)=O)cc2)c(OC)c1. The minimum absolute atomic E-state index is 0.118. The number of amides is 2. The van der Waals surface area contributed by atoms with Crippen molar-refractivity contribution in [3.8, 4) is 11.5 Å². The monoisotopic (exact) mass is 342 g/mol. The van der Waals surface area contributed by atoms with Crippen LogP contribution in [0.5, 0.6) is 11.5 Å². The van der Waals surface area contributed by atoms with Gasteiger partial charge in [-0.25, -0.2) is 0 Å². The summed E-state index contributed by atoms with van der Waals surface area (Å²) in [5.74, 6) is 1.10. The maximum Gasteiger partial charge on any atom is 0.253 e. The Kier molecular flexibility index (Phi) is 6.00. The van der Waals surface area contributed by atoms with E-state index in [2.05, 4.69) is 5.32 Å². The fourth-order valence-electron chi connectivity index (χ4n) is 2.43. The number of benzene rings is 2. The minimum atomic E-state index is -0.150. The van der Waals surface area contributed by atoms with Crippen LogP contribution in [-0.2, 0) is 11.3 Å². The Labute approximate surface area is 147 Å². The van der Waals surface area contributed by atoms with E-state index in [0.29, 0.717) is 29.3 Å². The maximum atomic E-state index is 12.6. The molecule has 2 amide bonds. The summed E-state index contributed by atoms with van der Waals surface area (Å²) in [5.41, 5.74) is 2.08. The van der Waals surface area contributed by atoms with Crippen LogP contribution in [0.25, 0.3) is 0 Å². The molecule has 0 atom stereocenters. The molecule has 0 saturated carbocycles. The van der Waals surface area contributed by atoms with Crippen LogP contribution in [0, 0.1) is 0 Å². The molecule has 2 aromatic rings. The number of ether oxygens (including phenoxy) is 2. The Hall–Kier alpha value is -3.02. The molecule has 0 heterocycles. The van der Waals surface area contributed by atoms with Gasteiger partial charge in [-0.2, -0.15) is 0 Å². The molecule has 2 aromatic carbocycles. The summed E-state index contributed by atoms with van der Waals surface area (Å²) in [4.78, 5) is 25.2. The van der Waals surface area contributed by atoms with E-state index in [-0.39, 0.29) is 11.8 Å². The van der Waals surface area contributed by atoms with Crippen molar-refractivity contribution in [2.24, 2.45) is 0 Å². The fraction of sp³-hybridized carbons (Fsp3) is 0.263. The van der Waals surface area contributed by atoms with Crippen LogP contribution in [-0.4, -0.2) is 38.0 Å². The van der Waals surface area contributed by atoms with E-state index >= 15 is 0 Å². The standard InChI is InChI=1S/C19H22N2O4/c1-13(22)20-16-8-5-14(6-9-16)19(23)21(2)12-15-7-10-17(24-3)11-18(15)25-4/h5-11H,12H2,1-4H3,(H,20,22). The van der Waals surface area contributed by atoms with Gasteiger partial charge in [0.25, 0.3) is 5.91 Å². The summed E-state index contributed by atoms with van der Waals surface area (Å²) in [5, 5.41) is 2.67. The lowest BCUT2D eigenvalue weighted by Crippen LogP contribution is -2.26. The first-order valence-electron chi connectivity index (χ1n) is 7.78. The predicted octanol–water partition coefficient (Wildman–Crippen LogP) is 2.93. The van der Waals surface area contributed by atoms with Crippen molar-refractivity contribution in [2.75, 3.05) is 26.6 Å². The first-order valence-corrected chi connectivity index (χ1v) is 7.78. The number of methoxy groups -OCH3 is 2. The second-order valence-corrected chi connectivity index (χ2v) is 5.60. The van der Waals surface area contributed by atoms with Crippen LogP contribution in [0.1, 0.15) is 22.8 Å². The third kappa shape index (κ3) is 4.73. The normalized spacial score (nSPS) is 10.1. The molecule has 132 valence electrons. The molecule has 0 saturated heterocycles. The van der Waals surface area contributed by atoms with E-state index in [4.69, 9.17) is 9.47 Å². The van der Waals surface area contributed by atoms with Gasteiger partial charge in [-0.15, -0.1) is 0 Å². The molecule has 0 bridgehead atoms. The molecule has 2 rings (SSSR count). The largest absolute Gasteiger partial charge is 0.497 e. The maximum absolute atomic E-state index is 12.6. The van der Waals surface area contributed by atoms with Crippen molar-refractivity contribution >= 4 is 17.5 Å². The molecule has 1 N–H and O–H groups in total. The number of carbonyl (C=O) groups is 2. The van der Waals surface area contributed by atoms with E-state index in [1.54, 1.807) is 56.5 Å². The Morgan fingerprint density at radius 3 is 2.28 bits per heavy atom.